The number of hydrogen-bond donors (Lipinski definition) is 2. The van der Waals surface area contributed by atoms with Gasteiger partial charge in [-0.25, -0.2) is 4.79 Å². The van der Waals surface area contributed by atoms with Gasteiger partial charge in [0.25, 0.3) is 5.91 Å². The van der Waals surface area contributed by atoms with Crippen molar-refractivity contribution in [1.29, 1.82) is 0 Å². The van der Waals surface area contributed by atoms with Gasteiger partial charge in [0.2, 0.25) is 0 Å². The molecule has 0 spiro atoms. The molecule has 0 fully saturated rings. The average Bonchev–Trinajstić information content (AvgIpc) is 3.10. The molecule has 0 aliphatic rings. The monoisotopic (exact) mass is 382 g/mol. The van der Waals surface area contributed by atoms with Gasteiger partial charge in [-0.05, 0) is 36.2 Å². The van der Waals surface area contributed by atoms with Crippen LogP contribution in [0.3, 0.4) is 0 Å². The van der Waals surface area contributed by atoms with Crippen LogP contribution in [0.1, 0.15) is 26.4 Å². The molecule has 1 amide bonds. The van der Waals surface area contributed by atoms with Crippen molar-refractivity contribution in [1.82, 2.24) is 10.3 Å². The molecule has 7 heteroatoms. The fourth-order valence-electron chi connectivity index (χ4n) is 2.98. The number of carbonyl (C=O) groups excluding carboxylic acids is 2. The largest absolute Gasteiger partial charge is 0.467 e. The summed E-state index contributed by atoms with van der Waals surface area (Å²) in [6.45, 7) is 0.515. The molecule has 7 nitrogen and oxygen atoms in total. The molecule has 0 aliphatic heterocycles. The first-order valence-electron chi connectivity index (χ1n) is 8.82. The summed E-state index contributed by atoms with van der Waals surface area (Å²) >= 11 is 0. The van der Waals surface area contributed by atoms with Crippen LogP contribution in [-0.2, 0) is 15.9 Å². The second-order valence-electron chi connectivity index (χ2n) is 6.10. The molecule has 0 saturated carbocycles. The smallest absolute Gasteiger partial charge is 0.354 e. The number of carbonyl (C=O) groups is 2. The maximum atomic E-state index is 12.2. The number of H-pyrrole nitrogens is 1. The molecule has 28 heavy (non-hydrogen) atoms. The first kappa shape index (κ1) is 19.4. The van der Waals surface area contributed by atoms with Crippen LogP contribution in [0.2, 0.25) is 0 Å². The van der Waals surface area contributed by atoms with E-state index in [1.807, 2.05) is 30.3 Å². The highest BCUT2D eigenvalue weighted by atomic mass is 16.7. The number of ether oxygens (including phenoxy) is 3. The molecule has 2 aromatic carbocycles. The van der Waals surface area contributed by atoms with Gasteiger partial charge in [-0.2, -0.15) is 0 Å². The molecule has 0 atom stereocenters. The van der Waals surface area contributed by atoms with E-state index >= 15 is 0 Å². The molecule has 0 saturated heterocycles. The lowest BCUT2D eigenvalue weighted by atomic mass is 10.1. The van der Waals surface area contributed by atoms with Crippen molar-refractivity contribution in [3.05, 3.63) is 65.4 Å². The minimum Gasteiger partial charge on any atom is -0.467 e. The predicted molar refractivity (Wildman–Crippen MR) is 105 cm³/mol. The molecule has 0 bridgehead atoms. The number of nitrogens with one attached hydrogen (secondary N) is 2. The van der Waals surface area contributed by atoms with E-state index in [4.69, 9.17) is 14.2 Å². The van der Waals surface area contributed by atoms with E-state index < -0.39 is 5.97 Å². The zero-order chi connectivity index (χ0) is 19.9. The number of rotatable bonds is 8. The molecule has 146 valence electrons. The van der Waals surface area contributed by atoms with Crippen LogP contribution in [0.15, 0.2) is 48.5 Å². The Hall–Kier alpha value is -3.32. The zero-order valence-electron chi connectivity index (χ0n) is 15.8. The molecule has 3 aromatic rings. The lowest BCUT2D eigenvalue weighted by Crippen LogP contribution is -2.26. The summed E-state index contributed by atoms with van der Waals surface area (Å²) in [7, 11) is 2.88. The molecule has 0 aliphatic carbocycles. The lowest BCUT2D eigenvalue weighted by molar-refractivity contribution is 0.0512. The number of methoxy groups -OCH3 is 2. The minimum atomic E-state index is -0.458. The summed E-state index contributed by atoms with van der Waals surface area (Å²) in [4.78, 5) is 27.5. The molecule has 0 radical (unpaired) electrons. The van der Waals surface area contributed by atoms with Crippen molar-refractivity contribution >= 4 is 22.8 Å². The van der Waals surface area contributed by atoms with Crippen molar-refractivity contribution in [3.63, 3.8) is 0 Å². The summed E-state index contributed by atoms with van der Waals surface area (Å²) in [6, 6.07) is 14.5. The summed E-state index contributed by atoms with van der Waals surface area (Å²) in [6.07, 6.45) is 0.473. The van der Waals surface area contributed by atoms with Crippen molar-refractivity contribution in [2.45, 2.75) is 6.42 Å². The molecular formula is C21H22N2O5. The Kier molecular flexibility index (Phi) is 6.29. The van der Waals surface area contributed by atoms with Crippen LogP contribution in [0.25, 0.3) is 10.9 Å². The zero-order valence-corrected chi connectivity index (χ0v) is 15.8. The van der Waals surface area contributed by atoms with Gasteiger partial charge in [-0.3, -0.25) is 4.79 Å². The lowest BCUT2D eigenvalue weighted by Gasteiger charge is -2.07. The Morgan fingerprint density at radius 2 is 1.86 bits per heavy atom. The molecule has 3 rings (SSSR count). The highest BCUT2D eigenvalue weighted by Gasteiger charge is 2.19. The summed E-state index contributed by atoms with van der Waals surface area (Å²) in [5.41, 5.74) is 2.50. The number of benzene rings is 2. The van der Waals surface area contributed by atoms with Crippen LogP contribution in [-0.4, -0.2) is 44.4 Å². The average molecular weight is 382 g/mol. The van der Waals surface area contributed by atoms with Crippen LogP contribution in [0.4, 0.5) is 0 Å². The maximum Gasteiger partial charge on any atom is 0.354 e. The Balaban J connectivity index is 1.79. The van der Waals surface area contributed by atoms with Gasteiger partial charge in [-0.15, -0.1) is 0 Å². The quantitative estimate of drug-likeness (QED) is 0.462. The SMILES string of the molecule is COCOc1ccc2c(CCNC(=O)c3ccccc3)c(C(=O)OC)[nH]c2c1. The van der Waals surface area contributed by atoms with Gasteiger partial charge in [0.15, 0.2) is 6.79 Å². The maximum absolute atomic E-state index is 12.2. The van der Waals surface area contributed by atoms with Crippen LogP contribution < -0.4 is 10.1 Å². The van der Waals surface area contributed by atoms with Gasteiger partial charge in [0.05, 0.1) is 12.6 Å². The minimum absolute atomic E-state index is 0.133. The Morgan fingerprint density at radius 3 is 2.57 bits per heavy atom. The highest BCUT2D eigenvalue weighted by Crippen LogP contribution is 2.27. The van der Waals surface area contributed by atoms with E-state index in [9.17, 15) is 9.59 Å². The molecule has 1 aromatic heterocycles. The van der Waals surface area contributed by atoms with Crippen LogP contribution in [0, 0.1) is 0 Å². The predicted octanol–water partition coefficient (Wildman–Crippen LogP) is 2.91. The van der Waals surface area contributed by atoms with Gasteiger partial charge in [0, 0.05) is 30.7 Å². The standard InChI is InChI=1S/C21H22N2O5/c1-26-13-28-15-8-9-16-17(19(21(25)27-2)23-18(16)12-15)10-11-22-20(24)14-6-4-3-5-7-14/h3-9,12,23H,10-11,13H2,1-2H3,(H,22,24). The fraction of sp³-hybridized carbons (Fsp3) is 0.238. The van der Waals surface area contributed by atoms with Gasteiger partial charge < -0.3 is 24.5 Å². The number of amides is 1. The van der Waals surface area contributed by atoms with E-state index in [0.717, 1.165) is 16.5 Å². The van der Waals surface area contributed by atoms with Gasteiger partial charge >= 0.3 is 5.97 Å². The molecular weight excluding hydrogens is 360 g/mol. The van der Waals surface area contributed by atoms with E-state index in [1.54, 1.807) is 25.3 Å². The first-order valence-corrected chi connectivity index (χ1v) is 8.82. The summed E-state index contributed by atoms with van der Waals surface area (Å²) in [5.74, 6) is 0.00574. The highest BCUT2D eigenvalue weighted by molar-refractivity contribution is 5.99. The first-order chi connectivity index (χ1) is 13.6. The van der Waals surface area contributed by atoms with Crippen LogP contribution in [0.5, 0.6) is 5.75 Å². The molecule has 1 heterocycles. The third kappa shape index (κ3) is 4.32. The van der Waals surface area contributed by atoms with Crippen LogP contribution >= 0.6 is 0 Å². The summed E-state index contributed by atoms with van der Waals surface area (Å²) in [5, 5.41) is 3.75. The number of fused-ring (bicyclic) bond motifs is 1. The Bertz CT molecular complexity index is 966. The molecule has 0 unspecified atom stereocenters. The van der Waals surface area contributed by atoms with Crippen molar-refractivity contribution in [3.8, 4) is 5.75 Å². The number of aromatic nitrogens is 1. The fourth-order valence-corrected chi connectivity index (χ4v) is 2.98. The number of hydrogen-bond acceptors (Lipinski definition) is 5. The van der Waals surface area contributed by atoms with Gasteiger partial charge in [-0.1, -0.05) is 18.2 Å². The van der Waals surface area contributed by atoms with Crippen molar-refractivity contribution in [2.24, 2.45) is 0 Å². The third-order valence-electron chi connectivity index (χ3n) is 4.31. The summed E-state index contributed by atoms with van der Waals surface area (Å²) < 4.78 is 15.2. The van der Waals surface area contributed by atoms with E-state index in [-0.39, 0.29) is 12.7 Å². The second kappa shape index (κ2) is 9.05. The Morgan fingerprint density at radius 1 is 1.07 bits per heavy atom. The topological polar surface area (TPSA) is 89.7 Å². The van der Waals surface area contributed by atoms with E-state index in [0.29, 0.717) is 30.0 Å². The normalized spacial score (nSPS) is 10.6. The molecule has 2 N–H and O–H groups in total. The van der Waals surface area contributed by atoms with Crippen molar-refractivity contribution in [2.75, 3.05) is 27.6 Å². The second-order valence-corrected chi connectivity index (χ2v) is 6.10. The van der Waals surface area contributed by atoms with Crippen molar-refractivity contribution < 1.29 is 23.8 Å². The van der Waals surface area contributed by atoms with E-state index in [1.165, 1.54) is 7.11 Å². The number of esters is 1. The Labute approximate surface area is 162 Å². The third-order valence-corrected chi connectivity index (χ3v) is 4.31. The van der Waals surface area contributed by atoms with E-state index in [2.05, 4.69) is 10.3 Å². The van der Waals surface area contributed by atoms with Gasteiger partial charge in [0.1, 0.15) is 11.4 Å². The number of aromatic amines is 1.